The highest BCUT2D eigenvalue weighted by molar-refractivity contribution is 7.93. The number of aliphatic hydroxyl groups excluding tert-OH is 1. The second-order valence-electron chi connectivity index (χ2n) is 10.1. The summed E-state index contributed by atoms with van der Waals surface area (Å²) in [4.78, 5) is 23.1. The van der Waals surface area contributed by atoms with Gasteiger partial charge in [-0.15, -0.1) is 0 Å². The molecule has 0 aliphatic heterocycles. The van der Waals surface area contributed by atoms with Crippen LogP contribution in [0, 0.1) is 35.2 Å². The summed E-state index contributed by atoms with van der Waals surface area (Å²) in [5.74, 6) is -3.43. The van der Waals surface area contributed by atoms with Crippen LogP contribution in [0.1, 0.15) is 75.6 Å². The van der Waals surface area contributed by atoms with Crippen molar-refractivity contribution in [1.29, 1.82) is 0 Å². The van der Waals surface area contributed by atoms with Crippen LogP contribution in [0.3, 0.4) is 0 Å². The molecular weight excluding hydrogens is 565 g/mol. The molecular formula is C29H38ClF3N2O4S. The minimum atomic E-state index is -1.61. The van der Waals surface area contributed by atoms with Crippen molar-refractivity contribution in [3.8, 4) is 0 Å². The molecule has 2 amide bonds. The van der Waals surface area contributed by atoms with Gasteiger partial charge in [0.1, 0.15) is 0 Å². The van der Waals surface area contributed by atoms with E-state index in [2.05, 4.69) is 24.5 Å². The SMILES string of the molecule is CCC1CCCC(C)C1O.CNC(=O)C1CCCC1.O=C(Nc1cc(F)c(F)c(F)c1)c1ccc(Cl)c(SO)c1. The lowest BCUT2D eigenvalue weighted by atomic mass is 9.78. The molecule has 2 aliphatic rings. The Morgan fingerprint density at radius 3 is 2.17 bits per heavy atom. The van der Waals surface area contributed by atoms with E-state index in [9.17, 15) is 27.9 Å². The monoisotopic (exact) mass is 602 g/mol. The fourth-order valence-corrected chi connectivity index (χ4v) is 5.45. The van der Waals surface area contributed by atoms with E-state index < -0.39 is 23.4 Å². The van der Waals surface area contributed by atoms with Crippen molar-refractivity contribution >= 4 is 41.1 Å². The van der Waals surface area contributed by atoms with E-state index in [-0.39, 0.29) is 33.2 Å². The van der Waals surface area contributed by atoms with E-state index in [1.54, 1.807) is 7.05 Å². The van der Waals surface area contributed by atoms with Crippen LogP contribution >= 0.6 is 23.6 Å². The highest BCUT2D eigenvalue weighted by atomic mass is 35.5. The lowest BCUT2D eigenvalue weighted by Gasteiger charge is -2.31. The van der Waals surface area contributed by atoms with Gasteiger partial charge in [0.2, 0.25) is 5.91 Å². The van der Waals surface area contributed by atoms with Gasteiger partial charge in [0.15, 0.2) is 17.5 Å². The first kappa shape index (κ1) is 33.9. The molecule has 2 aromatic rings. The number of rotatable bonds is 5. The molecule has 4 rings (SSSR count). The predicted octanol–water partition coefficient (Wildman–Crippen LogP) is 7.69. The number of hydrogen-bond acceptors (Lipinski definition) is 5. The lowest BCUT2D eigenvalue weighted by Crippen LogP contribution is -2.31. The van der Waals surface area contributed by atoms with Gasteiger partial charge in [-0.1, -0.05) is 51.1 Å². The van der Waals surface area contributed by atoms with Crippen molar-refractivity contribution in [2.75, 3.05) is 12.4 Å². The van der Waals surface area contributed by atoms with E-state index in [0.717, 1.165) is 19.3 Å². The first-order chi connectivity index (χ1) is 19.0. The number of aliphatic hydroxyl groups is 1. The zero-order valence-corrected chi connectivity index (χ0v) is 24.6. The average Bonchev–Trinajstić information content (AvgIpc) is 3.49. The van der Waals surface area contributed by atoms with Crippen LogP contribution < -0.4 is 10.6 Å². The van der Waals surface area contributed by atoms with Crippen molar-refractivity contribution < 1.29 is 32.4 Å². The molecule has 11 heteroatoms. The molecule has 0 heterocycles. The predicted molar refractivity (Wildman–Crippen MR) is 153 cm³/mol. The molecule has 0 radical (unpaired) electrons. The number of nitrogens with one attached hydrogen (secondary N) is 2. The molecule has 0 bridgehead atoms. The fourth-order valence-electron chi connectivity index (χ4n) is 4.89. The maximum Gasteiger partial charge on any atom is 0.255 e. The quantitative estimate of drug-likeness (QED) is 0.208. The van der Waals surface area contributed by atoms with Gasteiger partial charge in [-0.3, -0.25) is 9.59 Å². The zero-order chi connectivity index (χ0) is 29.8. The number of hydrogen-bond donors (Lipinski definition) is 4. The molecule has 0 saturated heterocycles. The smallest absolute Gasteiger partial charge is 0.255 e. The topological polar surface area (TPSA) is 98.7 Å². The average molecular weight is 603 g/mol. The Morgan fingerprint density at radius 2 is 1.65 bits per heavy atom. The minimum Gasteiger partial charge on any atom is -0.393 e. The highest BCUT2D eigenvalue weighted by Crippen LogP contribution is 2.31. The molecule has 3 atom stereocenters. The molecule has 3 unspecified atom stereocenters. The van der Waals surface area contributed by atoms with Gasteiger partial charge < -0.3 is 20.3 Å². The van der Waals surface area contributed by atoms with Gasteiger partial charge in [0.05, 0.1) is 16.0 Å². The third-order valence-electron chi connectivity index (χ3n) is 7.33. The summed E-state index contributed by atoms with van der Waals surface area (Å²) in [5, 5.41) is 14.8. The third-order valence-corrected chi connectivity index (χ3v) is 8.31. The van der Waals surface area contributed by atoms with Crippen molar-refractivity contribution in [2.45, 2.75) is 76.2 Å². The second kappa shape index (κ2) is 16.9. The summed E-state index contributed by atoms with van der Waals surface area (Å²) in [7, 11) is 1.71. The van der Waals surface area contributed by atoms with Crippen molar-refractivity contribution in [3.05, 3.63) is 58.4 Å². The Hall–Kier alpha value is -2.27. The largest absolute Gasteiger partial charge is 0.393 e. The molecule has 2 fully saturated rings. The van der Waals surface area contributed by atoms with Gasteiger partial charge in [-0.2, -0.15) is 0 Å². The first-order valence-corrected chi connectivity index (χ1v) is 14.6. The highest BCUT2D eigenvalue weighted by Gasteiger charge is 2.27. The molecule has 0 spiro atoms. The number of benzene rings is 2. The minimum absolute atomic E-state index is 0.0150. The summed E-state index contributed by atoms with van der Waals surface area (Å²) in [5.41, 5.74) is -0.120. The van der Waals surface area contributed by atoms with Gasteiger partial charge in [-0.25, -0.2) is 13.2 Å². The Bertz CT molecular complexity index is 1110. The van der Waals surface area contributed by atoms with Crippen LogP contribution in [-0.4, -0.2) is 34.6 Å². The van der Waals surface area contributed by atoms with Gasteiger partial charge in [0, 0.05) is 48.4 Å². The third kappa shape index (κ3) is 9.98. The fraction of sp³-hybridized carbons (Fsp3) is 0.517. The number of amides is 2. The van der Waals surface area contributed by atoms with Gasteiger partial charge >= 0.3 is 0 Å². The Balaban J connectivity index is 0.000000243. The van der Waals surface area contributed by atoms with Crippen LogP contribution in [0.4, 0.5) is 18.9 Å². The standard InChI is InChI=1S/C13H7ClF3NO2S.C9H18O.C7H13NO/c14-8-2-1-6(3-11(8)21-20)13(19)18-7-4-9(15)12(17)10(16)5-7;1-3-8-6-4-5-7(2)9(8)10;1-8-7(9)6-4-2-3-5-6/h1-5,20H,(H,18,19);7-10H,3-6H2,1-2H3;6H,2-5H2,1H3,(H,8,9). The summed E-state index contributed by atoms with van der Waals surface area (Å²) in [6.07, 6.45) is 9.57. The van der Waals surface area contributed by atoms with E-state index >= 15 is 0 Å². The van der Waals surface area contributed by atoms with Crippen LogP contribution in [0.25, 0.3) is 0 Å². The Morgan fingerprint density at radius 1 is 1.02 bits per heavy atom. The second-order valence-corrected chi connectivity index (χ2v) is 11.1. The maximum atomic E-state index is 13.0. The van der Waals surface area contributed by atoms with E-state index in [4.69, 9.17) is 16.2 Å². The summed E-state index contributed by atoms with van der Waals surface area (Å²) < 4.78 is 47.9. The van der Waals surface area contributed by atoms with Gasteiger partial charge in [-0.05, 0) is 55.7 Å². The van der Waals surface area contributed by atoms with Crippen LogP contribution in [0.15, 0.2) is 35.2 Å². The summed E-state index contributed by atoms with van der Waals surface area (Å²) >= 11 is 6.13. The number of carbonyl (C=O) groups is 2. The summed E-state index contributed by atoms with van der Waals surface area (Å²) in [6, 6.07) is 5.38. The van der Waals surface area contributed by atoms with E-state index in [0.29, 0.717) is 41.9 Å². The number of anilines is 1. The van der Waals surface area contributed by atoms with E-state index in [1.807, 2.05) is 0 Å². The molecule has 2 saturated carbocycles. The van der Waals surface area contributed by atoms with Crippen molar-refractivity contribution in [1.82, 2.24) is 5.32 Å². The molecule has 222 valence electrons. The molecule has 40 heavy (non-hydrogen) atoms. The van der Waals surface area contributed by atoms with E-state index in [1.165, 1.54) is 50.3 Å². The Labute approximate surface area is 243 Å². The normalized spacial score (nSPS) is 20.5. The number of carbonyl (C=O) groups excluding carboxylic acids is 2. The van der Waals surface area contributed by atoms with Crippen LogP contribution in [-0.2, 0) is 4.79 Å². The van der Waals surface area contributed by atoms with Crippen LogP contribution in [0.5, 0.6) is 0 Å². The zero-order valence-electron chi connectivity index (χ0n) is 23.0. The maximum absolute atomic E-state index is 13.0. The first-order valence-electron chi connectivity index (χ1n) is 13.5. The van der Waals surface area contributed by atoms with Crippen LogP contribution in [0.2, 0.25) is 5.02 Å². The lowest BCUT2D eigenvalue weighted by molar-refractivity contribution is -0.124. The summed E-state index contributed by atoms with van der Waals surface area (Å²) in [6.45, 7) is 4.33. The molecule has 6 nitrogen and oxygen atoms in total. The molecule has 0 aromatic heterocycles. The molecule has 2 aromatic carbocycles. The van der Waals surface area contributed by atoms with Gasteiger partial charge in [0.25, 0.3) is 5.91 Å². The molecule has 2 aliphatic carbocycles. The van der Waals surface area contributed by atoms with Crippen molar-refractivity contribution in [2.24, 2.45) is 17.8 Å². The number of halogens is 4. The van der Waals surface area contributed by atoms with Crippen molar-refractivity contribution in [3.63, 3.8) is 0 Å². The molecule has 4 N–H and O–H groups in total. The Kier molecular flexibility index (Phi) is 14.3.